The number of nitrogens with one attached hydrogen (secondary N) is 1. The molecule has 0 fully saturated rings. The molecular formula is C14H24N2O. The molecule has 1 aromatic rings. The summed E-state index contributed by atoms with van der Waals surface area (Å²) in [5.74, 6) is 0. The minimum atomic E-state index is -0.314. The number of aliphatic hydroxyl groups is 1. The van der Waals surface area contributed by atoms with Gasteiger partial charge in [-0.05, 0) is 12.6 Å². The summed E-state index contributed by atoms with van der Waals surface area (Å²) in [5, 5.41) is 13.1. The number of likely N-dealkylation sites (N-methyl/N-ethyl adjacent to an activating group) is 1. The quantitative estimate of drug-likeness (QED) is 0.752. The van der Waals surface area contributed by atoms with E-state index in [-0.39, 0.29) is 6.10 Å². The van der Waals surface area contributed by atoms with Crippen LogP contribution in [0.2, 0.25) is 0 Å². The van der Waals surface area contributed by atoms with Gasteiger partial charge in [0, 0.05) is 25.7 Å². The van der Waals surface area contributed by atoms with Crippen molar-refractivity contribution in [3.05, 3.63) is 35.9 Å². The molecule has 0 bridgehead atoms. The third kappa shape index (κ3) is 6.41. The molecule has 3 heteroatoms. The highest BCUT2D eigenvalue weighted by molar-refractivity contribution is 5.14. The van der Waals surface area contributed by atoms with Crippen LogP contribution in [-0.4, -0.2) is 42.3 Å². The average molecular weight is 236 g/mol. The number of nitrogens with zero attached hydrogens (tertiary/aromatic N) is 1. The molecule has 0 radical (unpaired) electrons. The lowest BCUT2D eigenvalue weighted by Gasteiger charge is -2.21. The first-order chi connectivity index (χ1) is 8.08. The lowest BCUT2D eigenvalue weighted by atomic mass is 10.2. The number of hydrogen-bond acceptors (Lipinski definition) is 3. The van der Waals surface area contributed by atoms with Crippen LogP contribution >= 0.6 is 0 Å². The Morgan fingerprint density at radius 2 is 1.88 bits per heavy atom. The average Bonchev–Trinajstić information content (AvgIpc) is 2.27. The summed E-state index contributed by atoms with van der Waals surface area (Å²) < 4.78 is 0. The Hall–Kier alpha value is -0.900. The highest BCUT2D eigenvalue weighted by Gasteiger charge is 2.08. The predicted octanol–water partition coefficient (Wildman–Crippen LogP) is 1.48. The molecule has 1 rings (SSSR count). The van der Waals surface area contributed by atoms with Crippen LogP contribution in [0.25, 0.3) is 0 Å². The molecule has 96 valence electrons. The van der Waals surface area contributed by atoms with Gasteiger partial charge in [0.1, 0.15) is 0 Å². The summed E-state index contributed by atoms with van der Waals surface area (Å²) in [7, 11) is 2.03. The first-order valence-electron chi connectivity index (χ1n) is 6.22. The zero-order chi connectivity index (χ0) is 12.7. The highest BCUT2D eigenvalue weighted by atomic mass is 16.3. The Bertz CT molecular complexity index is 300. The molecule has 0 aliphatic carbocycles. The number of benzene rings is 1. The SMILES string of the molecule is CC(C)NCC(O)CN(C)Cc1ccccc1. The van der Waals surface area contributed by atoms with Gasteiger partial charge in [0.05, 0.1) is 6.10 Å². The van der Waals surface area contributed by atoms with Gasteiger partial charge < -0.3 is 10.4 Å². The van der Waals surface area contributed by atoms with E-state index >= 15 is 0 Å². The molecule has 1 atom stereocenters. The highest BCUT2D eigenvalue weighted by Crippen LogP contribution is 2.02. The standard InChI is InChI=1S/C14H24N2O/c1-12(2)15-9-14(17)11-16(3)10-13-7-5-4-6-8-13/h4-8,12,14-15,17H,9-11H2,1-3H3. The summed E-state index contributed by atoms with van der Waals surface area (Å²) in [6.45, 7) is 6.38. The molecule has 2 N–H and O–H groups in total. The van der Waals surface area contributed by atoms with Crippen molar-refractivity contribution in [3.63, 3.8) is 0 Å². The topological polar surface area (TPSA) is 35.5 Å². The maximum atomic E-state index is 9.84. The van der Waals surface area contributed by atoms with Crippen molar-refractivity contribution in [2.24, 2.45) is 0 Å². The largest absolute Gasteiger partial charge is 0.390 e. The van der Waals surface area contributed by atoms with Gasteiger partial charge >= 0.3 is 0 Å². The van der Waals surface area contributed by atoms with Gasteiger partial charge in [-0.15, -0.1) is 0 Å². The fourth-order valence-corrected chi connectivity index (χ4v) is 1.76. The summed E-state index contributed by atoms with van der Waals surface area (Å²) in [5.41, 5.74) is 1.28. The van der Waals surface area contributed by atoms with E-state index in [1.54, 1.807) is 0 Å². The minimum Gasteiger partial charge on any atom is -0.390 e. The number of hydrogen-bond donors (Lipinski definition) is 2. The van der Waals surface area contributed by atoms with E-state index in [0.29, 0.717) is 19.1 Å². The zero-order valence-corrected chi connectivity index (χ0v) is 11.1. The Morgan fingerprint density at radius 1 is 1.24 bits per heavy atom. The van der Waals surface area contributed by atoms with Gasteiger partial charge in [0.2, 0.25) is 0 Å². The van der Waals surface area contributed by atoms with Crippen LogP contribution in [0.5, 0.6) is 0 Å². The molecule has 0 aliphatic heterocycles. The third-order valence-corrected chi connectivity index (χ3v) is 2.58. The predicted molar refractivity (Wildman–Crippen MR) is 71.9 cm³/mol. The summed E-state index contributed by atoms with van der Waals surface area (Å²) in [6.07, 6.45) is -0.314. The Balaban J connectivity index is 2.27. The molecule has 17 heavy (non-hydrogen) atoms. The van der Waals surface area contributed by atoms with E-state index in [0.717, 1.165) is 6.54 Å². The minimum absolute atomic E-state index is 0.314. The fourth-order valence-electron chi connectivity index (χ4n) is 1.76. The van der Waals surface area contributed by atoms with Gasteiger partial charge in [-0.2, -0.15) is 0 Å². The summed E-state index contributed by atoms with van der Waals surface area (Å²) in [4.78, 5) is 2.14. The normalized spacial score (nSPS) is 13.3. The summed E-state index contributed by atoms with van der Waals surface area (Å²) in [6, 6.07) is 10.7. The van der Waals surface area contributed by atoms with Gasteiger partial charge in [0.25, 0.3) is 0 Å². The fraction of sp³-hybridized carbons (Fsp3) is 0.571. The zero-order valence-electron chi connectivity index (χ0n) is 11.1. The van der Waals surface area contributed by atoms with Crippen molar-refractivity contribution in [2.45, 2.75) is 32.5 Å². The van der Waals surface area contributed by atoms with E-state index in [9.17, 15) is 5.11 Å². The second-order valence-electron chi connectivity index (χ2n) is 4.90. The smallest absolute Gasteiger partial charge is 0.0791 e. The molecule has 0 heterocycles. The van der Waals surface area contributed by atoms with E-state index in [2.05, 4.69) is 36.2 Å². The lowest BCUT2D eigenvalue weighted by Crippen LogP contribution is -2.38. The second-order valence-corrected chi connectivity index (χ2v) is 4.90. The van der Waals surface area contributed by atoms with Crippen LogP contribution in [0.4, 0.5) is 0 Å². The molecule has 0 saturated heterocycles. The molecule has 1 unspecified atom stereocenters. The van der Waals surface area contributed by atoms with Gasteiger partial charge in [-0.1, -0.05) is 44.2 Å². The van der Waals surface area contributed by atoms with Crippen LogP contribution in [0.15, 0.2) is 30.3 Å². The van der Waals surface area contributed by atoms with Crippen molar-refractivity contribution >= 4 is 0 Å². The summed E-state index contributed by atoms with van der Waals surface area (Å²) >= 11 is 0. The monoisotopic (exact) mass is 236 g/mol. The van der Waals surface area contributed by atoms with Crippen molar-refractivity contribution in [1.82, 2.24) is 10.2 Å². The van der Waals surface area contributed by atoms with Crippen LogP contribution < -0.4 is 5.32 Å². The van der Waals surface area contributed by atoms with E-state index in [1.807, 2.05) is 25.2 Å². The molecular weight excluding hydrogens is 212 g/mol. The lowest BCUT2D eigenvalue weighted by molar-refractivity contribution is 0.119. The van der Waals surface area contributed by atoms with Crippen LogP contribution in [-0.2, 0) is 6.54 Å². The Labute approximate surface area is 104 Å². The molecule has 3 nitrogen and oxygen atoms in total. The van der Waals surface area contributed by atoms with Gasteiger partial charge in [-0.3, -0.25) is 4.90 Å². The van der Waals surface area contributed by atoms with Gasteiger partial charge in [0.15, 0.2) is 0 Å². The van der Waals surface area contributed by atoms with E-state index in [4.69, 9.17) is 0 Å². The van der Waals surface area contributed by atoms with Crippen molar-refractivity contribution in [2.75, 3.05) is 20.1 Å². The van der Waals surface area contributed by atoms with Crippen LogP contribution in [0.3, 0.4) is 0 Å². The molecule has 0 aliphatic rings. The third-order valence-electron chi connectivity index (χ3n) is 2.58. The van der Waals surface area contributed by atoms with Crippen molar-refractivity contribution < 1.29 is 5.11 Å². The second kappa shape index (κ2) is 7.43. The number of aliphatic hydroxyl groups excluding tert-OH is 1. The first-order valence-corrected chi connectivity index (χ1v) is 6.22. The van der Waals surface area contributed by atoms with Crippen LogP contribution in [0, 0.1) is 0 Å². The van der Waals surface area contributed by atoms with Crippen molar-refractivity contribution in [3.8, 4) is 0 Å². The molecule has 1 aromatic carbocycles. The Kier molecular flexibility index (Phi) is 6.19. The van der Waals surface area contributed by atoms with E-state index in [1.165, 1.54) is 5.56 Å². The van der Waals surface area contributed by atoms with Crippen molar-refractivity contribution in [1.29, 1.82) is 0 Å². The number of rotatable bonds is 7. The maximum Gasteiger partial charge on any atom is 0.0791 e. The molecule has 0 amide bonds. The van der Waals surface area contributed by atoms with Crippen LogP contribution in [0.1, 0.15) is 19.4 Å². The molecule has 0 saturated carbocycles. The first kappa shape index (κ1) is 14.2. The Morgan fingerprint density at radius 3 is 2.47 bits per heavy atom. The maximum absolute atomic E-state index is 9.84. The van der Waals surface area contributed by atoms with Gasteiger partial charge in [-0.25, -0.2) is 0 Å². The van der Waals surface area contributed by atoms with E-state index < -0.39 is 0 Å². The molecule has 0 aromatic heterocycles. The molecule has 0 spiro atoms.